The Hall–Kier alpha value is -1.88. The predicted molar refractivity (Wildman–Crippen MR) is 121 cm³/mol. The van der Waals surface area contributed by atoms with E-state index in [-0.39, 0.29) is 5.56 Å². The molecule has 1 aromatic heterocycles. The molecule has 0 N–H and O–H groups in total. The summed E-state index contributed by atoms with van der Waals surface area (Å²) in [5, 5.41) is 1.84. The quantitative estimate of drug-likeness (QED) is 0.556. The maximum absolute atomic E-state index is 13.4. The first-order valence-corrected chi connectivity index (χ1v) is 10.9. The zero-order valence-corrected chi connectivity index (χ0v) is 18.3. The van der Waals surface area contributed by atoms with Gasteiger partial charge in [0.15, 0.2) is 0 Å². The lowest BCUT2D eigenvalue weighted by atomic mass is 9.97. The molecule has 6 heteroatoms. The highest BCUT2D eigenvalue weighted by atomic mass is 35.5. The minimum atomic E-state index is 0.0149. The number of aryl methyl sites for hydroxylation is 1. The van der Waals surface area contributed by atoms with E-state index in [1.54, 1.807) is 12.1 Å². The van der Waals surface area contributed by atoms with Crippen molar-refractivity contribution in [3.05, 3.63) is 62.6 Å². The summed E-state index contributed by atoms with van der Waals surface area (Å²) in [5.74, 6) is 1.24. The van der Waals surface area contributed by atoms with Crippen LogP contribution in [0, 0.1) is 12.8 Å². The molecule has 2 heterocycles. The molecule has 2 aromatic carbocycles. The Bertz CT molecular complexity index is 1110. The van der Waals surface area contributed by atoms with E-state index in [2.05, 4.69) is 11.8 Å². The normalized spacial score (nSPS) is 17.7. The van der Waals surface area contributed by atoms with E-state index in [1.807, 2.05) is 35.8 Å². The lowest BCUT2D eigenvalue weighted by Crippen LogP contribution is -2.38. The molecule has 1 atom stereocenters. The van der Waals surface area contributed by atoms with Crippen LogP contribution in [0.1, 0.15) is 25.6 Å². The third-order valence-corrected chi connectivity index (χ3v) is 6.44. The molecule has 1 aliphatic heterocycles. The summed E-state index contributed by atoms with van der Waals surface area (Å²) in [6, 6.07) is 11.1. The predicted octanol–water partition coefficient (Wildman–Crippen LogP) is 5.41. The zero-order chi connectivity index (χ0) is 20.5. The van der Waals surface area contributed by atoms with Crippen LogP contribution in [0.4, 0.5) is 0 Å². The summed E-state index contributed by atoms with van der Waals surface area (Å²) in [4.78, 5) is 20.5. The van der Waals surface area contributed by atoms with E-state index >= 15 is 0 Å². The molecule has 1 saturated heterocycles. The highest BCUT2D eigenvalue weighted by Crippen LogP contribution is 2.31. The number of nitrogens with zero attached hydrogens (tertiary/aromatic N) is 3. The first kappa shape index (κ1) is 20.4. The first-order chi connectivity index (χ1) is 14.0. The van der Waals surface area contributed by atoms with Crippen LogP contribution in [0.2, 0.25) is 10.0 Å². The van der Waals surface area contributed by atoms with Gasteiger partial charge in [-0.1, -0.05) is 36.2 Å². The van der Waals surface area contributed by atoms with E-state index in [0.29, 0.717) is 33.4 Å². The van der Waals surface area contributed by atoms with Gasteiger partial charge in [-0.25, -0.2) is 4.98 Å². The van der Waals surface area contributed by atoms with Crippen LogP contribution in [0.15, 0.2) is 41.2 Å². The Labute approximate surface area is 181 Å². The summed E-state index contributed by atoms with van der Waals surface area (Å²) in [6.07, 6.45) is 2.34. The molecule has 1 aliphatic rings. The Morgan fingerprint density at radius 2 is 2.00 bits per heavy atom. The van der Waals surface area contributed by atoms with Crippen molar-refractivity contribution in [2.24, 2.45) is 5.92 Å². The van der Waals surface area contributed by atoms with Crippen LogP contribution in [-0.4, -0.2) is 34.1 Å². The second-order valence-corrected chi connectivity index (χ2v) is 8.68. The van der Waals surface area contributed by atoms with E-state index in [9.17, 15) is 4.79 Å². The van der Waals surface area contributed by atoms with Gasteiger partial charge in [0, 0.05) is 28.7 Å². The number of halogens is 2. The van der Waals surface area contributed by atoms with Crippen molar-refractivity contribution >= 4 is 34.1 Å². The van der Waals surface area contributed by atoms with Gasteiger partial charge in [0.2, 0.25) is 0 Å². The van der Waals surface area contributed by atoms with Crippen molar-refractivity contribution in [1.29, 1.82) is 0 Å². The lowest BCUT2D eigenvalue weighted by Gasteiger charge is -2.32. The molecule has 0 radical (unpaired) electrons. The molecule has 1 fully saturated rings. The maximum atomic E-state index is 13.4. The Balaban J connectivity index is 1.75. The van der Waals surface area contributed by atoms with Gasteiger partial charge in [-0.2, -0.15) is 0 Å². The SMILES string of the molecule is CCN1CCC[C@H](Cn2c(C)nc3ccc(-c4cc(Cl)ccc4Cl)cc3c2=O)C1. The van der Waals surface area contributed by atoms with Gasteiger partial charge in [0.25, 0.3) is 5.56 Å². The van der Waals surface area contributed by atoms with Crippen molar-refractivity contribution in [2.45, 2.75) is 33.2 Å². The second-order valence-electron chi connectivity index (χ2n) is 7.83. The summed E-state index contributed by atoms with van der Waals surface area (Å²) < 4.78 is 1.84. The monoisotopic (exact) mass is 429 g/mol. The Morgan fingerprint density at radius 3 is 2.79 bits per heavy atom. The molecule has 4 rings (SSSR count). The molecule has 0 amide bonds. The number of aromatic nitrogens is 2. The van der Waals surface area contributed by atoms with Gasteiger partial charge in [-0.3, -0.25) is 9.36 Å². The van der Waals surface area contributed by atoms with Crippen LogP contribution in [0.25, 0.3) is 22.0 Å². The third-order valence-electron chi connectivity index (χ3n) is 5.88. The van der Waals surface area contributed by atoms with Crippen LogP contribution >= 0.6 is 23.2 Å². The second kappa shape index (κ2) is 8.47. The molecule has 152 valence electrons. The molecule has 0 bridgehead atoms. The number of rotatable bonds is 4. The molecule has 0 unspecified atom stereocenters. The van der Waals surface area contributed by atoms with Gasteiger partial charge in [0.05, 0.1) is 10.9 Å². The van der Waals surface area contributed by atoms with Gasteiger partial charge in [0.1, 0.15) is 5.82 Å². The van der Waals surface area contributed by atoms with Crippen LogP contribution < -0.4 is 5.56 Å². The van der Waals surface area contributed by atoms with Crippen molar-refractivity contribution in [3.8, 4) is 11.1 Å². The zero-order valence-electron chi connectivity index (χ0n) is 16.8. The lowest BCUT2D eigenvalue weighted by molar-refractivity contribution is 0.168. The highest BCUT2D eigenvalue weighted by Gasteiger charge is 2.21. The Morgan fingerprint density at radius 1 is 1.17 bits per heavy atom. The van der Waals surface area contributed by atoms with Crippen LogP contribution in [-0.2, 0) is 6.54 Å². The average Bonchev–Trinajstić information content (AvgIpc) is 2.73. The largest absolute Gasteiger partial charge is 0.303 e. The fourth-order valence-corrected chi connectivity index (χ4v) is 4.68. The molecule has 0 aliphatic carbocycles. The smallest absolute Gasteiger partial charge is 0.261 e. The molecule has 4 nitrogen and oxygen atoms in total. The average molecular weight is 430 g/mol. The number of fused-ring (bicyclic) bond motifs is 1. The number of piperidine rings is 1. The minimum Gasteiger partial charge on any atom is -0.303 e. The fraction of sp³-hybridized carbons (Fsp3) is 0.391. The fourth-order valence-electron chi connectivity index (χ4n) is 4.28. The molecular weight excluding hydrogens is 405 g/mol. The minimum absolute atomic E-state index is 0.0149. The van der Waals surface area contributed by atoms with E-state index in [1.165, 1.54) is 6.42 Å². The van der Waals surface area contributed by atoms with Crippen LogP contribution in [0.3, 0.4) is 0 Å². The van der Waals surface area contributed by atoms with Crippen molar-refractivity contribution in [1.82, 2.24) is 14.5 Å². The van der Waals surface area contributed by atoms with E-state index in [0.717, 1.165) is 43.0 Å². The van der Waals surface area contributed by atoms with Crippen molar-refractivity contribution < 1.29 is 0 Å². The first-order valence-electron chi connectivity index (χ1n) is 10.1. The van der Waals surface area contributed by atoms with Gasteiger partial charge < -0.3 is 4.90 Å². The standard InChI is InChI=1S/C23H25Cl2N3O/c1-3-27-10-4-5-16(13-27)14-28-15(2)26-22-9-6-17(11-20(22)23(28)29)19-12-18(24)7-8-21(19)25/h6-9,11-12,16H,3-5,10,13-14H2,1-2H3/t16-/m0/s1. The number of hydrogen-bond acceptors (Lipinski definition) is 3. The number of hydrogen-bond donors (Lipinski definition) is 0. The summed E-state index contributed by atoms with van der Waals surface area (Å²) in [7, 11) is 0. The topological polar surface area (TPSA) is 38.1 Å². The Kier molecular flexibility index (Phi) is 5.95. The summed E-state index contributed by atoms with van der Waals surface area (Å²) in [6.45, 7) is 8.08. The van der Waals surface area contributed by atoms with Crippen molar-refractivity contribution in [3.63, 3.8) is 0 Å². The molecule has 3 aromatic rings. The van der Waals surface area contributed by atoms with Gasteiger partial charge in [-0.15, -0.1) is 0 Å². The molecular formula is C23H25Cl2N3O. The van der Waals surface area contributed by atoms with Crippen molar-refractivity contribution in [2.75, 3.05) is 19.6 Å². The maximum Gasteiger partial charge on any atom is 0.261 e. The van der Waals surface area contributed by atoms with E-state index in [4.69, 9.17) is 28.2 Å². The summed E-state index contributed by atoms with van der Waals surface area (Å²) in [5.41, 5.74) is 2.41. The molecule has 0 saturated carbocycles. The van der Waals surface area contributed by atoms with E-state index < -0.39 is 0 Å². The van der Waals surface area contributed by atoms with Gasteiger partial charge in [-0.05, 0) is 74.7 Å². The number of likely N-dealkylation sites (tertiary alicyclic amines) is 1. The summed E-state index contributed by atoms with van der Waals surface area (Å²) >= 11 is 12.5. The van der Waals surface area contributed by atoms with Crippen LogP contribution in [0.5, 0.6) is 0 Å². The molecule has 29 heavy (non-hydrogen) atoms. The number of benzene rings is 2. The highest BCUT2D eigenvalue weighted by molar-refractivity contribution is 6.35. The van der Waals surface area contributed by atoms with Gasteiger partial charge >= 0.3 is 0 Å². The third kappa shape index (κ3) is 4.20. The molecule has 0 spiro atoms.